The van der Waals surface area contributed by atoms with Crippen molar-refractivity contribution in [3.05, 3.63) is 41.5 Å². The Balaban J connectivity index is 3.05. The number of rotatable bonds is 4. The number of carbonyl (C=O) groups excluding carboxylic acids is 1. The van der Waals surface area contributed by atoms with Gasteiger partial charge >= 0.3 is 0 Å². The molecule has 0 heterocycles. The Morgan fingerprint density at radius 2 is 1.82 bits per heavy atom. The first-order chi connectivity index (χ1) is 7.86. The minimum atomic E-state index is -3.50. The quantitative estimate of drug-likeness (QED) is 0.819. The summed E-state index contributed by atoms with van der Waals surface area (Å²) >= 11 is 0. The fourth-order valence-electron chi connectivity index (χ4n) is 1.33. The molecule has 0 atom stereocenters. The van der Waals surface area contributed by atoms with Crippen LogP contribution in [0.3, 0.4) is 0 Å². The fraction of sp³-hybridized carbons (Fsp3) is 0.250. The molecular weight excluding hydrogens is 238 g/mol. The van der Waals surface area contributed by atoms with E-state index in [2.05, 4.69) is 0 Å². The Bertz CT molecular complexity index is 542. The highest BCUT2D eigenvalue weighted by atomic mass is 32.2. The Morgan fingerprint density at radius 3 is 2.24 bits per heavy atom. The van der Waals surface area contributed by atoms with E-state index >= 15 is 0 Å². The van der Waals surface area contributed by atoms with Gasteiger partial charge in [-0.25, -0.2) is 8.42 Å². The molecule has 0 aromatic heterocycles. The van der Waals surface area contributed by atoms with E-state index in [1.807, 2.05) is 6.92 Å². The van der Waals surface area contributed by atoms with Crippen LogP contribution in [0.25, 0.3) is 0 Å². The van der Waals surface area contributed by atoms with Crippen molar-refractivity contribution in [2.75, 3.05) is 5.75 Å². The Morgan fingerprint density at radius 1 is 1.29 bits per heavy atom. The molecule has 17 heavy (non-hydrogen) atoms. The third kappa shape index (κ3) is 3.42. The van der Waals surface area contributed by atoms with Crippen LogP contribution >= 0.6 is 0 Å². The van der Waals surface area contributed by atoms with Crippen LogP contribution in [-0.4, -0.2) is 20.1 Å². The SMILES string of the molecule is C/C=C(/CS(=O)(=O)c1ccc(C)cc1)C(N)=O. The molecule has 0 bridgehead atoms. The zero-order valence-corrected chi connectivity index (χ0v) is 10.6. The molecule has 4 nitrogen and oxygen atoms in total. The average molecular weight is 253 g/mol. The molecule has 0 saturated heterocycles. The molecule has 92 valence electrons. The molecule has 1 rings (SSSR count). The molecular formula is C12H15NO3S. The highest BCUT2D eigenvalue weighted by Crippen LogP contribution is 2.14. The highest BCUT2D eigenvalue weighted by Gasteiger charge is 2.18. The lowest BCUT2D eigenvalue weighted by molar-refractivity contribution is -0.114. The summed E-state index contributed by atoms with van der Waals surface area (Å²) in [5.41, 5.74) is 6.16. The molecule has 0 spiro atoms. The van der Waals surface area contributed by atoms with E-state index < -0.39 is 15.7 Å². The molecule has 0 aliphatic carbocycles. The van der Waals surface area contributed by atoms with Crippen LogP contribution < -0.4 is 5.73 Å². The van der Waals surface area contributed by atoms with Gasteiger partial charge in [-0.1, -0.05) is 23.8 Å². The monoisotopic (exact) mass is 253 g/mol. The van der Waals surface area contributed by atoms with Gasteiger partial charge in [0.2, 0.25) is 5.91 Å². The van der Waals surface area contributed by atoms with E-state index in [1.165, 1.54) is 18.2 Å². The number of carbonyl (C=O) groups is 1. The maximum absolute atomic E-state index is 12.0. The Labute approximate surface area is 101 Å². The van der Waals surface area contributed by atoms with E-state index in [9.17, 15) is 13.2 Å². The van der Waals surface area contributed by atoms with Gasteiger partial charge in [-0.05, 0) is 26.0 Å². The van der Waals surface area contributed by atoms with Gasteiger partial charge in [0.15, 0.2) is 9.84 Å². The lowest BCUT2D eigenvalue weighted by Crippen LogP contribution is -2.21. The van der Waals surface area contributed by atoms with Crippen LogP contribution in [-0.2, 0) is 14.6 Å². The number of nitrogens with two attached hydrogens (primary N) is 1. The molecule has 2 N–H and O–H groups in total. The van der Waals surface area contributed by atoms with E-state index in [0.717, 1.165) is 5.56 Å². The van der Waals surface area contributed by atoms with Crippen molar-refractivity contribution in [3.63, 3.8) is 0 Å². The van der Waals surface area contributed by atoms with E-state index in [0.29, 0.717) is 0 Å². The van der Waals surface area contributed by atoms with Gasteiger partial charge in [-0.3, -0.25) is 4.79 Å². The van der Waals surface area contributed by atoms with E-state index in [-0.39, 0.29) is 16.2 Å². The second-order valence-electron chi connectivity index (χ2n) is 3.75. The third-order valence-corrected chi connectivity index (χ3v) is 4.07. The zero-order chi connectivity index (χ0) is 13.1. The smallest absolute Gasteiger partial charge is 0.245 e. The molecule has 1 aromatic carbocycles. The second-order valence-corrected chi connectivity index (χ2v) is 5.74. The van der Waals surface area contributed by atoms with Crippen LogP contribution in [0.4, 0.5) is 0 Å². The predicted octanol–water partition coefficient (Wildman–Crippen LogP) is 1.20. The van der Waals surface area contributed by atoms with Crippen LogP contribution in [0.5, 0.6) is 0 Å². The van der Waals surface area contributed by atoms with Crippen molar-refractivity contribution in [2.24, 2.45) is 5.73 Å². The van der Waals surface area contributed by atoms with Crippen LogP contribution in [0.2, 0.25) is 0 Å². The topological polar surface area (TPSA) is 77.2 Å². The standard InChI is InChI=1S/C12H15NO3S/c1-3-10(12(13)14)8-17(15,16)11-6-4-9(2)5-7-11/h3-7H,8H2,1-2H3,(H2,13,14)/b10-3-. The van der Waals surface area contributed by atoms with E-state index in [1.54, 1.807) is 19.1 Å². The molecule has 0 saturated carbocycles. The Kier molecular flexibility index (Phi) is 4.07. The third-order valence-electron chi connectivity index (χ3n) is 2.39. The molecule has 1 amide bonds. The first kappa shape index (κ1) is 13.4. The summed E-state index contributed by atoms with van der Waals surface area (Å²) in [5, 5.41) is 0. The summed E-state index contributed by atoms with van der Waals surface area (Å²) in [7, 11) is -3.50. The molecule has 0 unspecified atom stereocenters. The van der Waals surface area contributed by atoms with Crippen molar-refractivity contribution in [1.82, 2.24) is 0 Å². The number of hydrogen-bond acceptors (Lipinski definition) is 3. The van der Waals surface area contributed by atoms with Gasteiger partial charge in [0.25, 0.3) is 0 Å². The molecule has 1 aromatic rings. The number of aryl methyl sites for hydroxylation is 1. The fourth-order valence-corrected chi connectivity index (χ4v) is 2.77. The molecule has 5 heteroatoms. The zero-order valence-electron chi connectivity index (χ0n) is 9.80. The van der Waals surface area contributed by atoms with Crippen molar-refractivity contribution >= 4 is 15.7 Å². The summed E-state index contributed by atoms with van der Waals surface area (Å²) in [4.78, 5) is 11.2. The number of benzene rings is 1. The predicted molar refractivity (Wildman–Crippen MR) is 66.2 cm³/mol. The van der Waals surface area contributed by atoms with Gasteiger partial charge < -0.3 is 5.73 Å². The summed E-state index contributed by atoms with van der Waals surface area (Å²) in [5.74, 6) is -1.06. The van der Waals surface area contributed by atoms with Crippen molar-refractivity contribution in [2.45, 2.75) is 18.7 Å². The highest BCUT2D eigenvalue weighted by molar-refractivity contribution is 7.91. The maximum atomic E-state index is 12.0. The summed E-state index contributed by atoms with van der Waals surface area (Å²) in [6.07, 6.45) is 1.42. The lowest BCUT2D eigenvalue weighted by atomic mass is 10.2. The number of amides is 1. The maximum Gasteiger partial charge on any atom is 0.245 e. The van der Waals surface area contributed by atoms with Crippen LogP contribution in [0.1, 0.15) is 12.5 Å². The molecule has 0 aliphatic rings. The number of allylic oxidation sites excluding steroid dienone is 1. The lowest BCUT2D eigenvalue weighted by Gasteiger charge is -2.05. The Hall–Kier alpha value is -1.62. The summed E-state index contributed by atoms with van der Waals surface area (Å²) in [6.45, 7) is 3.46. The largest absolute Gasteiger partial charge is 0.366 e. The molecule has 0 fully saturated rings. The van der Waals surface area contributed by atoms with E-state index in [4.69, 9.17) is 5.73 Å². The van der Waals surface area contributed by atoms with Gasteiger partial charge in [-0.15, -0.1) is 0 Å². The van der Waals surface area contributed by atoms with Crippen molar-refractivity contribution in [1.29, 1.82) is 0 Å². The van der Waals surface area contributed by atoms with Crippen molar-refractivity contribution < 1.29 is 13.2 Å². The molecule has 0 aliphatic heterocycles. The van der Waals surface area contributed by atoms with Crippen molar-refractivity contribution in [3.8, 4) is 0 Å². The van der Waals surface area contributed by atoms with Gasteiger partial charge in [0.05, 0.1) is 10.6 Å². The average Bonchev–Trinajstić information content (AvgIpc) is 2.26. The van der Waals surface area contributed by atoms with Gasteiger partial charge in [0, 0.05) is 5.57 Å². The van der Waals surface area contributed by atoms with Gasteiger partial charge in [0.1, 0.15) is 0 Å². The molecule has 0 radical (unpaired) electrons. The van der Waals surface area contributed by atoms with Gasteiger partial charge in [-0.2, -0.15) is 0 Å². The summed E-state index contributed by atoms with van der Waals surface area (Å²) in [6, 6.07) is 6.48. The summed E-state index contributed by atoms with van der Waals surface area (Å²) < 4.78 is 23.9. The van der Waals surface area contributed by atoms with Crippen LogP contribution in [0.15, 0.2) is 40.8 Å². The number of primary amides is 1. The first-order valence-corrected chi connectivity index (χ1v) is 6.76. The van der Waals surface area contributed by atoms with Crippen LogP contribution in [0, 0.1) is 6.92 Å². The minimum Gasteiger partial charge on any atom is -0.366 e. The number of hydrogen-bond donors (Lipinski definition) is 1. The first-order valence-electron chi connectivity index (χ1n) is 5.11. The minimum absolute atomic E-state index is 0.102. The second kappa shape index (κ2) is 5.14. The normalized spacial score (nSPS) is 12.5. The number of sulfone groups is 1.